The summed E-state index contributed by atoms with van der Waals surface area (Å²) in [6.45, 7) is 4.35. The molecule has 1 aliphatic heterocycles. The summed E-state index contributed by atoms with van der Waals surface area (Å²) < 4.78 is 6.57. The number of aliphatic hydroxyl groups is 1. The number of amides is 4. The number of carbonyl (C=O) groups excluding carboxylic acids is 3. The van der Waals surface area contributed by atoms with Crippen molar-refractivity contribution < 1.29 is 24.2 Å². The number of hydrogen-bond acceptors (Lipinski definition) is 5. The maximum atomic E-state index is 13.7. The topological polar surface area (TPSA) is 111 Å². The third-order valence-corrected chi connectivity index (χ3v) is 8.66. The Morgan fingerprint density at radius 2 is 1.77 bits per heavy atom. The van der Waals surface area contributed by atoms with Gasteiger partial charge >= 0.3 is 6.03 Å². The van der Waals surface area contributed by atoms with Crippen LogP contribution >= 0.6 is 0 Å². The Kier molecular flexibility index (Phi) is 10.1. The molecule has 0 saturated heterocycles. The maximum Gasteiger partial charge on any atom is 0.317 e. The largest absolute Gasteiger partial charge is 0.485 e. The molecule has 1 heterocycles. The minimum Gasteiger partial charge on any atom is -0.485 e. The van der Waals surface area contributed by atoms with E-state index in [1.54, 1.807) is 35.0 Å². The van der Waals surface area contributed by atoms with E-state index in [0.717, 1.165) is 57.8 Å². The lowest BCUT2D eigenvalue weighted by Crippen LogP contribution is -2.52. The standard InChI is InChI=1S/C30H46N4O5/c1-20-17-34(21(2)19-35)29(37)24-15-10-16-25(32-28(36)22-11-6-4-7-12-22)27(24)39-26(20)18-33(3)30(38)31-23-13-8-5-9-14-23/h10,15-16,20-23,26,35H,4-9,11-14,17-19H2,1-3H3,(H,31,38)(H,32,36)/t20-,21-,26+/m1/s1. The number of likely N-dealkylation sites (N-methyl/N-ethyl adjacent to an activating group) is 1. The summed E-state index contributed by atoms with van der Waals surface area (Å²) in [5, 5.41) is 16.1. The van der Waals surface area contributed by atoms with Crippen LogP contribution in [0.3, 0.4) is 0 Å². The average Bonchev–Trinajstić information content (AvgIpc) is 2.95. The van der Waals surface area contributed by atoms with Gasteiger partial charge in [0, 0.05) is 31.5 Å². The van der Waals surface area contributed by atoms with E-state index in [1.807, 2.05) is 13.8 Å². The van der Waals surface area contributed by atoms with Gasteiger partial charge in [-0.2, -0.15) is 0 Å². The molecule has 2 aliphatic carbocycles. The van der Waals surface area contributed by atoms with Crippen molar-refractivity contribution in [3.8, 4) is 5.75 Å². The molecule has 0 spiro atoms. The maximum absolute atomic E-state index is 13.7. The highest BCUT2D eigenvalue weighted by atomic mass is 16.5. The van der Waals surface area contributed by atoms with E-state index in [4.69, 9.17) is 4.74 Å². The van der Waals surface area contributed by atoms with Crippen molar-refractivity contribution in [2.75, 3.05) is 32.1 Å². The van der Waals surface area contributed by atoms with Gasteiger partial charge in [-0.3, -0.25) is 9.59 Å². The molecule has 2 saturated carbocycles. The van der Waals surface area contributed by atoms with Crippen molar-refractivity contribution in [1.29, 1.82) is 0 Å². The van der Waals surface area contributed by atoms with Crippen molar-refractivity contribution in [3.05, 3.63) is 23.8 Å². The van der Waals surface area contributed by atoms with Crippen LogP contribution in [-0.2, 0) is 4.79 Å². The number of nitrogens with zero attached hydrogens (tertiary/aromatic N) is 2. The van der Waals surface area contributed by atoms with Gasteiger partial charge in [-0.25, -0.2) is 4.79 Å². The molecule has 9 nitrogen and oxygen atoms in total. The molecule has 2 fully saturated rings. The summed E-state index contributed by atoms with van der Waals surface area (Å²) >= 11 is 0. The van der Waals surface area contributed by atoms with Crippen LogP contribution in [0.15, 0.2) is 18.2 Å². The zero-order valence-electron chi connectivity index (χ0n) is 23.8. The van der Waals surface area contributed by atoms with Crippen molar-refractivity contribution in [1.82, 2.24) is 15.1 Å². The first-order chi connectivity index (χ1) is 18.8. The van der Waals surface area contributed by atoms with Gasteiger partial charge in [0.25, 0.3) is 5.91 Å². The van der Waals surface area contributed by atoms with Crippen molar-refractivity contribution in [3.63, 3.8) is 0 Å². The highest BCUT2D eigenvalue weighted by Gasteiger charge is 2.35. The fourth-order valence-electron chi connectivity index (χ4n) is 6.04. The number of anilines is 1. The van der Waals surface area contributed by atoms with Gasteiger partial charge in [0.15, 0.2) is 5.75 Å². The molecule has 3 aliphatic rings. The van der Waals surface area contributed by atoms with E-state index in [9.17, 15) is 19.5 Å². The van der Waals surface area contributed by atoms with E-state index in [1.165, 1.54) is 6.42 Å². The normalized spacial score (nSPS) is 23.6. The number of ether oxygens (including phenoxy) is 1. The lowest BCUT2D eigenvalue weighted by atomic mass is 9.88. The van der Waals surface area contributed by atoms with Crippen LogP contribution in [0.4, 0.5) is 10.5 Å². The number of benzene rings is 1. The Morgan fingerprint density at radius 3 is 2.44 bits per heavy atom. The SMILES string of the molecule is C[C@@H]1CN([C@H](C)CO)C(=O)c2cccc(NC(=O)C3CCCCC3)c2O[C@H]1CN(C)C(=O)NC1CCCCC1. The molecule has 4 rings (SSSR count). The lowest BCUT2D eigenvalue weighted by Gasteiger charge is -2.38. The van der Waals surface area contributed by atoms with Crippen molar-refractivity contribution in [2.24, 2.45) is 11.8 Å². The zero-order chi connectivity index (χ0) is 27.9. The van der Waals surface area contributed by atoms with Crippen molar-refractivity contribution in [2.45, 2.75) is 96.2 Å². The number of fused-ring (bicyclic) bond motifs is 1. The third-order valence-electron chi connectivity index (χ3n) is 8.66. The lowest BCUT2D eigenvalue weighted by molar-refractivity contribution is -0.120. The predicted octanol–water partition coefficient (Wildman–Crippen LogP) is 4.40. The summed E-state index contributed by atoms with van der Waals surface area (Å²) in [5.74, 6) is -0.138. The second kappa shape index (κ2) is 13.5. The molecule has 0 aromatic heterocycles. The third kappa shape index (κ3) is 7.24. The Bertz CT molecular complexity index is 1010. The molecular formula is C30H46N4O5. The van der Waals surface area contributed by atoms with Gasteiger partial charge in [0.2, 0.25) is 5.91 Å². The van der Waals surface area contributed by atoms with Crippen molar-refractivity contribution >= 4 is 23.5 Å². The minimum atomic E-state index is -0.430. The van der Waals surface area contributed by atoms with E-state index in [2.05, 4.69) is 10.6 Å². The summed E-state index contributed by atoms with van der Waals surface area (Å²) in [5.41, 5.74) is 0.824. The molecule has 1 aromatic rings. The van der Waals surface area contributed by atoms with Gasteiger partial charge in [-0.15, -0.1) is 0 Å². The summed E-state index contributed by atoms with van der Waals surface area (Å²) in [6, 6.07) is 4.91. The van der Waals surface area contributed by atoms with E-state index in [0.29, 0.717) is 30.1 Å². The van der Waals surface area contributed by atoms with Gasteiger partial charge in [0.1, 0.15) is 6.10 Å². The predicted molar refractivity (Wildman–Crippen MR) is 151 cm³/mol. The molecule has 0 bridgehead atoms. The Balaban J connectivity index is 1.59. The number of para-hydroxylation sites is 1. The molecule has 39 heavy (non-hydrogen) atoms. The van der Waals surface area contributed by atoms with Crippen LogP contribution in [0, 0.1) is 11.8 Å². The Labute approximate surface area is 232 Å². The highest BCUT2D eigenvalue weighted by molar-refractivity contribution is 6.02. The van der Waals surface area contributed by atoms with Crippen LogP contribution in [0.1, 0.15) is 88.4 Å². The number of nitrogens with one attached hydrogen (secondary N) is 2. The number of rotatable bonds is 7. The average molecular weight is 543 g/mol. The van der Waals surface area contributed by atoms with Crippen LogP contribution in [0.25, 0.3) is 0 Å². The first-order valence-corrected chi connectivity index (χ1v) is 14.8. The van der Waals surface area contributed by atoms with Gasteiger partial charge < -0.3 is 30.3 Å². The Morgan fingerprint density at radius 1 is 1.10 bits per heavy atom. The van der Waals surface area contributed by atoms with Crippen LogP contribution < -0.4 is 15.4 Å². The fraction of sp³-hybridized carbons (Fsp3) is 0.700. The fourth-order valence-corrected chi connectivity index (χ4v) is 6.04. The smallest absolute Gasteiger partial charge is 0.317 e. The molecule has 9 heteroatoms. The number of hydrogen-bond donors (Lipinski definition) is 3. The second-order valence-corrected chi connectivity index (χ2v) is 11.8. The molecule has 0 unspecified atom stereocenters. The number of urea groups is 1. The first kappa shape index (κ1) is 29.2. The minimum absolute atomic E-state index is 0.0460. The number of aliphatic hydroxyl groups excluding tert-OH is 1. The van der Waals surface area contributed by atoms with E-state index in [-0.39, 0.29) is 48.4 Å². The van der Waals surface area contributed by atoms with Crippen LogP contribution in [0.5, 0.6) is 5.75 Å². The van der Waals surface area contributed by atoms with E-state index < -0.39 is 6.10 Å². The molecule has 0 radical (unpaired) electrons. The molecule has 3 atom stereocenters. The van der Waals surface area contributed by atoms with E-state index >= 15 is 0 Å². The van der Waals surface area contributed by atoms with Crippen LogP contribution in [0.2, 0.25) is 0 Å². The molecule has 216 valence electrons. The first-order valence-electron chi connectivity index (χ1n) is 14.8. The molecule has 3 N–H and O–H groups in total. The molecular weight excluding hydrogens is 496 g/mol. The molecule has 1 aromatic carbocycles. The van der Waals surface area contributed by atoms with Gasteiger partial charge in [-0.05, 0) is 44.7 Å². The summed E-state index contributed by atoms with van der Waals surface area (Å²) in [6.07, 6.45) is 10.0. The van der Waals surface area contributed by atoms with Gasteiger partial charge in [0.05, 0.1) is 30.4 Å². The summed E-state index contributed by atoms with van der Waals surface area (Å²) in [7, 11) is 1.77. The number of carbonyl (C=O) groups is 3. The zero-order valence-corrected chi connectivity index (χ0v) is 23.8. The second-order valence-electron chi connectivity index (χ2n) is 11.8. The monoisotopic (exact) mass is 542 g/mol. The van der Waals surface area contributed by atoms with Gasteiger partial charge in [-0.1, -0.05) is 51.5 Å². The van der Waals surface area contributed by atoms with Crippen LogP contribution in [-0.4, -0.2) is 77.7 Å². The summed E-state index contributed by atoms with van der Waals surface area (Å²) in [4.78, 5) is 43.2. The quantitative estimate of drug-likeness (QED) is 0.473. The highest BCUT2D eigenvalue weighted by Crippen LogP contribution is 2.36. The Hall–Kier alpha value is -2.81. The molecule has 4 amide bonds.